The van der Waals surface area contributed by atoms with Crippen LogP contribution < -0.4 is 4.74 Å². The molecular formula is C10H9BrF2O3. The van der Waals surface area contributed by atoms with Crippen molar-refractivity contribution in [3.63, 3.8) is 0 Å². The summed E-state index contributed by atoms with van der Waals surface area (Å²) in [4.78, 5) is 11.4. The second kappa shape index (κ2) is 5.79. The van der Waals surface area contributed by atoms with Gasteiger partial charge < -0.3 is 9.84 Å². The Morgan fingerprint density at radius 2 is 2.19 bits per heavy atom. The van der Waals surface area contributed by atoms with Gasteiger partial charge in [-0.25, -0.2) is 0 Å². The van der Waals surface area contributed by atoms with Crippen LogP contribution in [0.2, 0.25) is 0 Å². The number of carbonyl (C=O) groups excluding carboxylic acids is 1. The highest BCUT2D eigenvalue weighted by Gasteiger charge is 2.12. The summed E-state index contributed by atoms with van der Waals surface area (Å²) >= 11 is 3.11. The highest BCUT2D eigenvalue weighted by Crippen LogP contribution is 2.28. The summed E-state index contributed by atoms with van der Waals surface area (Å²) in [6.45, 7) is -3.00. The van der Waals surface area contributed by atoms with E-state index in [1.165, 1.54) is 6.07 Å². The lowest BCUT2D eigenvalue weighted by Gasteiger charge is -2.07. The molecule has 1 N–H and O–H groups in total. The molecule has 0 heterocycles. The Labute approximate surface area is 99.2 Å². The van der Waals surface area contributed by atoms with E-state index in [0.717, 1.165) is 12.1 Å². The second-order valence-corrected chi connectivity index (χ2v) is 3.72. The molecule has 16 heavy (non-hydrogen) atoms. The number of rotatable bonds is 5. The smallest absolute Gasteiger partial charge is 0.387 e. The van der Waals surface area contributed by atoms with Gasteiger partial charge in [0, 0.05) is 17.3 Å². The van der Waals surface area contributed by atoms with E-state index in [1.807, 2.05) is 0 Å². The van der Waals surface area contributed by atoms with E-state index >= 15 is 0 Å². The maximum absolute atomic E-state index is 11.9. The van der Waals surface area contributed by atoms with Crippen LogP contribution in [0.15, 0.2) is 18.2 Å². The quantitative estimate of drug-likeness (QED) is 0.671. The molecule has 0 aliphatic carbocycles. The van der Waals surface area contributed by atoms with Crippen molar-refractivity contribution in [2.45, 2.75) is 13.0 Å². The first-order valence-corrected chi connectivity index (χ1v) is 5.53. The standard InChI is InChI=1S/C10H9BrF2O3/c11-4-3-7(14)6-1-2-9(8(15)5-6)16-10(12)13/h1-2,5,10,15H,3-4H2. The number of halogens is 3. The summed E-state index contributed by atoms with van der Waals surface area (Å²) in [6.07, 6.45) is 0.272. The molecule has 1 aromatic carbocycles. The lowest BCUT2D eigenvalue weighted by molar-refractivity contribution is -0.0512. The van der Waals surface area contributed by atoms with E-state index in [9.17, 15) is 18.7 Å². The van der Waals surface area contributed by atoms with E-state index in [4.69, 9.17) is 0 Å². The molecule has 3 nitrogen and oxygen atoms in total. The van der Waals surface area contributed by atoms with Crippen molar-refractivity contribution in [3.05, 3.63) is 23.8 Å². The van der Waals surface area contributed by atoms with Gasteiger partial charge >= 0.3 is 6.61 Å². The highest BCUT2D eigenvalue weighted by molar-refractivity contribution is 9.09. The Balaban J connectivity index is 2.86. The molecule has 0 radical (unpaired) electrons. The maximum Gasteiger partial charge on any atom is 0.387 e. The summed E-state index contributed by atoms with van der Waals surface area (Å²) in [5, 5.41) is 9.84. The van der Waals surface area contributed by atoms with Crippen molar-refractivity contribution in [3.8, 4) is 11.5 Å². The van der Waals surface area contributed by atoms with Crippen molar-refractivity contribution in [1.82, 2.24) is 0 Å². The Hall–Kier alpha value is -1.17. The summed E-state index contributed by atoms with van der Waals surface area (Å²) in [5.41, 5.74) is 0.263. The zero-order chi connectivity index (χ0) is 12.1. The van der Waals surface area contributed by atoms with Gasteiger partial charge in [0.05, 0.1) is 0 Å². The average Bonchev–Trinajstić information content (AvgIpc) is 2.20. The largest absolute Gasteiger partial charge is 0.504 e. The number of alkyl halides is 3. The zero-order valence-corrected chi connectivity index (χ0v) is 9.71. The fraction of sp³-hybridized carbons (Fsp3) is 0.300. The summed E-state index contributed by atoms with van der Waals surface area (Å²) in [5.74, 6) is -0.998. The van der Waals surface area contributed by atoms with Crippen molar-refractivity contribution >= 4 is 21.7 Å². The van der Waals surface area contributed by atoms with Crippen LogP contribution in [0.5, 0.6) is 11.5 Å². The van der Waals surface area contributed by atoms with Gasteiger partial charge in [-0.15, -0.1) is 0 Å². The first-order valence-electron chi connectivity index (χ1n) is 4.41. The number of ether oxygens (including phenoxy) is 1. The number of Topliss-reactive ketones (excluding diaryl/α,β-unsaturated/α-hetero) is 1. The average molecular weight is 295 g/mol. The third-order valence-corrected chi connectivity index (χ3v) is 2.22. The first kappa shape index (κ1) is 12.9. The number of benzene rings is 1. The molecule has 0 spiro atoms. The fourth-order valence-electron chi connectivity index (χ4n) is 1.12. The number of hydrogen-bond acceptors (Lipinski definition) is 3. The first-order chi connectivity index (χ1) is 7.54. The van der Waals surface area contributed by atoms with Crippen LogP contribution in [0.3, 0.4) is 0 Å². The third-order valence-electron chi connectivity index (χ3n) is 1.82. The van der Waals surface area contributed by atoms with Crippen LogP contribution in [-0.2, 0) is 0 Å². The Bertz CT molecular complexity index is 382. The van der Waals surface area contributed by atoms with Crippen LogP contribution in [0.4, 0.5) is 8.78 Å². The van der Waals surface area contributed by atoms with Gasteiger partial charge in [-0.2, -0.15) is 8.78 Å². The normalized spacial score (nSPS) is 10.5. The molecular weight excluding hydrogens is 286 g/mol. The van der Waals surface area contributed by atoms with Gasteiger partial charge in [-0.3, -0.25) is 4.79 Å². The SMILES string of the molecule is O=C(CCBr)c1ccc(OC(F)F)c(O)c1. The van der Waals surface area contributed by atoms with Crippen LogP contribution >= 0.6 is 15.9 Å². The predicted octanol–water partition coefficient (Wildman–Crippen LogP) is 2.96. The molecule has 0 bridgehead atoms. The molecule has 88 valence electrons. The minimum absolute atomic E-state index is 0.184. The molecule has 1 rings (SSSR count). The third kappa shape index (κ3) is 3.44. The summed E-state index contributed by atoms with van der Waals surface area (Å²) in [6, 6.07) is 3.59. The molecule has 0 unspecified atom stereocenters. The van der Waals surface area contributed by atoms with Crippen molar-refractivity contribution in [2.75, 3.05) is 5.33 Å². The minimum atomic E-state index is -3.00. The van der Waals surface area contributed by atoms with Crippen LogP contribution in [0, 0.1) is 0 Å². The molecule has 0 aromatic heterocycles. The summed E-state index contributed by atoms with van der Waals surface area (Å²) < 4.78 is 27.8. The lowest BCUT2D eigenvalue weighted by Crippen LogP contribution is -2.03. The Morgan fingerprint density at radius 3 is 2.69 bits per heavy atom. The number of aromatic hydroxyl groups is 1. The van der Waals surface area contributed by atoms with Crippen molar-refractivity contribution in [1.29, 1.82) is 0 Å². The molecule has 0 saturated carbocycles. The van der Waals surface area contributed by atoms with Gasteiger partial charge in [0.2, 0.25) is 0 Å². The van der Waals surface area contributed by atoms with E-state index in [-0.39, 0.29) is 23.5 Å². The molecule has 0 aliphatic heterocycles. The van der Waals surface area contributed by atoms with E-state index in [0.29, 0.717) is 5.33 Å². The van der Waals surface area contributed by atoms with Crippen molar-refractivity contribution in [2.24, 2.45) is 0 Å². The van der Waals surface area contributed by atoms with Gasteiger partial charge in [-0.1, -0.05) is 15.9 Å². The monoisotopic (exact) mass is 294 g/mol. The minimum Gasteiger partial charge on any atom is -0.504 e. The number of phenols is 1. The van der Waals surface area contributed by atoms with E-state index < -0.39 is 12.4 Å². The number of phenolic OH excluding ortho intramolecular Hbond substituents is 1. The molecule has 0 aliphatic rings. The van der Waals surface area contributed by atoms with Gasteiger partial charge in [0.1, 0.15) is 0 Å². The highest BCUT2D eigenvalue weighted by atomic mass is 79.9. The van der Waals surface area contributed by atoms with Gasteiger partial charge in [-0.05, 0) is 18.2 Å². The number of ketones is 1. The number of carbonyl (C=O) groups is 1. The van der Waals surface area contributed by atoms with Crippen LogP contribution in [0.1, 0.15) is 16.8 Å². The second-order valence-electron chi connectivity index (χ2n) is 2.92. The molecule has 0 saturated heterocycles. The Kier molecular flexibility index (Phi) is 4.67. The lowest BCUT2D eigenvalue weighted by atomic mass is 10.1. The molecule has 6 heteroatoms. The van der Waals surface area contributed by atoms with Crippen LogP contribution in [-0.4, -0.2) is 22.8 Å². The predicted molar refractivity (Wildman–Crippen MR) is 57.5 cm³/mol. The maximum atomic E-state index is 11.9. The molecule has 0 amide bonds. The van der Waals surface area contributed by atoms with Crippen LogP contribution in [0.25, 0.3) is 0 Å². The molecule has 0 fully saturated rings. The molecule has 0 atom stereocenters. The van der Waals surface area contributed by atoms with E-state index in [2.05, 4.69) is 20.7 Å². The van der Waals surface area contributed by atoms with Gasteiger partial charge in [0.15, 0.2) is 17.3 Å². The topological polar surface area (TPSA) is 46.5 Å². The zero-order valence-electron chi connectivity index (χ0n) is 8.12. The molecule has 1 aromatic rings. The Morgan fingerprint density at radius 1 is 1.50 bits per heavy atom. The van der Waals surface area contributed by atoms with Gasteiger partial charge in [0.25, 0.3) is 0 Å². The summed E-state index contributed by atoms with van der Waals surface area (Å²) in [7, 11) is 0. The number of hydrogen-bond donors (Lipinski definition) is 1. The fourth-order valence-corrected chi connectivity index (χ4v) is 1.48. The van der Waals surface area contributed by atoms with E-state index in [1.54, 1.807) is 0 Å². The van der Waals surface area contributed by atoms with Crippen molar-refractivity contribution < 1.29 is 23.4 Å².